The van der Waals surface area contributed by atoms with Crippen LogP contribution in [0, 0.1) is 17.7 Å². The zero-order valence-electron chi connectivity index (χ0n) is 20.9. The molecular weight excluding hydrogens is 476 g/mol. The number of allylic oxidation sites excluding steroid dienone is 8. The number of anilines is 1. The maximum absolute atomic E-state index is 14.2. The summed E-state index contributed by atoms with van der Waals surface area (Å²) in [6.45, 7) is 0.524. The molecule has 0 spiro atoms. The topological polar surface area (TPSA) is 32.3 Å². The van der Waals surface area contributed by atoms with E-state index in [0.29, 0.717) is 24.1 Å². The predicted molar refractivity (Wildman–Crippen MR) is 156 cm³/mol. The molecule has 188 valence electrons. The van der Waals surface area contributed by atoms with Crippen molar-refractivity contribution in [3.05, 3.63) is 132 Å². The molecule has 3 atom stereocenters. The molecule has 0 heterocycles. The van der Waals surface area contributed by atoms with E-state index in [9.17, 15) is 9.50 Å². The maximum atomic E-state index is 14.2. The molecule has 2 N–H and O–H groups in total. The molecule has 0 radical (unpaired) electrons. The molecule has 0 aliphatic heterocycles. The van der Waals surface area contributed by atoms with E-state index in [2.05, 4.69) is 66.1 Å². The van der Waals surface area contributed by atoms with Crippen molar-refractivity contribution in [1.82, 2.24) is 0 Å². The standard InChI is InChI=1S/C33H33FNOP/c34-29-16-17-31(28(22-29)23-35-30-14-8-3-9-15-30)37-32-21-26(18-24-10-4-1-5-11-24)20-27(33(32)36)19-25-12-6-2-7-13-25/h1-10,12,14-17,20-22,24-25,35-37H,11,13,18-19,23H2. The maximum Gasteiger partial charge on any atom is 0.126 e. The highest BCUT2D eigenvalue weighted by Crippen LogP contribution is 2.31. The fourth-order valence-electron chi connectivity index (χ4n) is 5.01. The number of aromatic hydroxyl groups is 1. The van der Waals surface area contributed by atoms with Crippen molar-refractivity contribution >= 4 is 24.9 Å². The lowest BCUT2D eigenvalue weighted by molar-refractivity contribution is 0.467. The molecule has 37 heavy (non-hydrogen) atoms. The molecule has 4 heteroatoms. The van der Waals surface area contributed by atoms with Crippen LogP contribution < -0.4 is 15.9 Å². The van der Waals surface area contributed by atoms with Gasteiger partial charge in [-0.25, -0.2) is 4.39 Å². The Morgan fingerprint density at radius 2 is 1.51 bits per heavy atom. The fourth-order valence-corrected chi connectivity index (χ4v) is 6.32. The van der Waals surface area contributed by atoms with Gasteiger partial charge in [-0.1, -0.05) is 87.5 Å². The molecule has 5 rings (SSSR count). The predicted octanol–water partition coefficient (Wildman–Crippen LogP) is 7.12. The van der Waals surface area contributed by atoms with Gasteiger partial charge in [-0.05, 0) is 89.8 Å². The Bertz CT molecular complexity index is 1340. The van der Waals surface area contributed by atoms with E-state index in [1.165, 1.54) is 11.6 Å². The number of halogens is 1. The molecule has 0 fully saturated rings. The molecule has 0 saturated carbocycles. The summed E-state index contributed by atoms with van der Waals surface area (Å²) in [5.74, 6) is 0.991. The van der Waals surface area contributed by atoms with E-state index >= 15 is 0 Å². The van der Waals surface area contributed by atoms with E-state index in [-0.39, 0.29) is 14.4 Å². The number of hydrogen-bond donors (Lipinski definition) is 2. The monoisotopic (exact) mass is 509 g/mol. The molecule has 0 amide bonds. The first-order valence-electron chi connectivity index (χ1n) is 13.0. The molecule has 3 aromatic carbocycles. The van der Waals surface area contributed by atoms with Crippen LogP contribution in [-0.2, 0) is 19.4 Å². The minimum Gasteiger partial charge on any atom is -0.507 e. The summed E-state index contributed by atoms with van der Waals surface area (Å²) < 4.78 is 14.2. The lowest BCUT2D eigenvalue weighted by Gasteiger charge is -2.20. The summed E-state index contributed by atoms with van der Waals surface area (Å²) in [4.78, 5) is 0. The van der Waals surface area contributed by atoms with Crippen molar-refractivity contribution in [2.45, 2.75) is 32.2 Å². The Hall–Kier alpha value is -3.42. The van der Waals surface area contributed by atoms with Crippen LogP contribution in [0.2, 0.25) is 0 Å². The second-order valence-corrected chi connectivity index (χ2v) is 11.2. The van der Waals surface area contributed by atoms with E-state index in [1.54, 1.807) is 6.07 Å². The number of nitrogens with one attached hydrogen (secondary N) is 1. The summed E-state index contributed by atoms with van der Waals surface area (Å²) >= 11 is 0. The molecule has 3 unspecified atom stereocenters. The van der Waals surface area contributed by atoms with Gasteiger partial charge in [-0.3, -0.25) is 0 Å². The van der Waals surface area contributed by atoms with Crippen LogP contribution in [0.4, 0.5) is 10.1 Å². The quantitative estimate of drug-likeness (QED) is 0.301. The second kappa shape index (κ2) is 12.2. The summed E-state index contributed by atoms with van der Waals surface area (Å²) in [5.41, 5.74) is 4.17. The minimum absolute atomic E-state index is 0.235. The van der Waals surface area contributed by atoms with Gasteiger partial charge >= 0.3 is 0 Å². The third kappa shape index (κ3) is 6.87. The van der Waals surface area contributed by atoms with Crippen LogP contribution in [0.15, 0.2) is 109 Å². The van der Waals surface area contributed by atoms with Crippen molar-refractivity contribution in [3.63, 3.8) is 0 Å². The largest absolute Gasteiger partial charge is 0.507 e. The molecule has 0 aromatic heterocycles. The SMILES string of the molecule is Oc1c(CC2C=CC=CC2)cc(CC2C=CC=CC2)cc1Pc1ccc(F)cc1CNc1ccccc1. The van der Waals surface area contributed by atoms with E-state index < -0.39 is 0 Å². The number of phenols is 1. The van der Waals surface area contributed by atoms with Crippen molar-refractivity contribution in [3.8, 4) is 5.75 Å². The highest BCUT2D eigenvalue weighted by molar-refractivity contribution is 7.55. The van der Waals surface area contributed by atoms with Crippen molar-refractivity contribution in [1.29, 1.82) is 0 Å². The van der Waals surface area contributed by atoms with Crippen LogP contribution in [0.3, 0.4) is 0 Å². The normalized spacial score (nSPS) is 18.6. The van der Waals surface area contributed by atoms with Crippen LogP contribution in [0.5, 0.6) is 5.75 Å². The van der Waals surface area contributed by atoms with Gasteiger partial charge in [0.15, 0.2) is 0 Å². The average Bonchev–Trinajstić information content (AvgIpc) is 2.93. The van der Waals surface area contributed by atoms with Gasteiger partial charge in [0.2, 0.25) is 0 Å². The van der Waals surface area contributed by atoms with Gasteiger partial charge in [-0.15, -0.1) is 0 Å². The summed E-state index contributed by atoms with van der Waals surface area (Å²) in [7, 11) is 0.235. The van der Waals surface area contributed by atoms with Gasteiger partial charge < -0.3 is 10.4 Å². The fraction of sp³-hybridized carbons (Fsp3) is 0.212. The zero-order valence-corrected chi connectivity index (χ0v) is 21.9. The Labute approximate surface area is 221 Å². The molecule has 0 bridgehead atoms. The van der Waals surface area contributed by atoms with Gasteiger partial charge in [0.25, 0.3) is 0 Å². The van der Waals surface area contributed by atoms with Crippen molar-refractivity contribution in [2.75, 3.05) is 5.32 Å². The molecule has 3 aromatic rings. The first-order valence-corrected chi connectivity index (χ1v) is 14.0. The van der Waals surface area contributed by atoms with Gasteiger partial charge in [-0.2, -0.15) is 0 Å². The van der Waals surface area contributed by atoms with Crippen LogP contribution >= 0.6 is 8.58 Å². The first kappa shape index (κ1) is 25.2. The van der Waals surface area contributed by atoms with Gasteiger partial charge in [0, 0.05) is 17.5 Å². The van der Waals surface area contributed by atoms with Gasteiger partial charge in [0.1, 0.15) is 11.6 Å². The Morgan fingerprint density at radius 3 is 2.22 bits per heavy atom. The number of benzene rings is 3. The lowest BCUT2D eigenvalue weighted by Crippen LogP contribution is -2.16. The molecule has 2 nitrogen and oxygen atoms in total. The highest BCUT2D eigenvalue weighted by Gasteiger charge is 2.18. The van der Waals surface area contributed by atoms with E-state index in [0.717, 1.165) is 53.1 Å². The second-order valence-electron chi connectivity index (χ2n) is 9.82. The summed E-state index contributed by atoms with van der Waals surface area (Å²) in [6.07, 6.45) is 21.1. The smallest absolute Gasteiger partial charge is 0.126 e. The molecule has 2 aliphatic rings. The van der Waals surface area contributed by atoms with Crippen LogP contribution in [0.25, 0.3) is 0 Å². The summed E-state index contributed by atoms with van der Waals surface area (Å²) in [6, 6.07) is 19.3. The van der Waals surface area contributed by atoms with E-state index in [1.807, 2.05) is 36.4 Å². The van der Waals surface area contributed by atoms with Gasteiger partial charge in [0.05, 0.1) is 0 Å². The average molecular weight is 510 g/mol. The Morgan fingerprint density at radius 1 is 0.784 bits per heavy atom. The Balaban J connectivity index is 1.43. The van der Waals surface area contributed by atoms with Crippen LogP contribution in [0.1, 0.15) is 29.5 Å². The third-order valence-corrected chi connectivity index (χ3v) is 8.37. The zero-order chi connectivity index (χ0) is 25.5. The van der Waals surface area contributed by atoms with Crippen LogP contribution in [-0.4, -0.2) is 5.11 Å². The molecule has 2 aliphatic carbocycles. The number of phenolic OH excluding ortho intramolecular Hbond substituents is 1. The lowest BCUT2D eigenvalue weighted by atomic mass is 9.89. The minimum atomic E-state index is -0.244. The number of hydrogen-bond acceptors (Lipinski definition) is 2. The Kier molecular flexibility index (Phi) is 8.33. The van der Waals surface area contributed by atoms with Crippen molar-refractivity contribution in [2.24, 2.45) is 11.8 Å². The highest BCUT2D eigenvalue weighted by atomic mass is 31.1. The van der Waals surface area contributed by atoms with E-state index in [4.69, 9.17) is 0 Å². The molecular formula is C33H33FNOP. The van der Waals surface area contributed by atoms with Crippen molar-refractivity contribution < 1.29 is 9.50 Å². The molecule has 0 saturated heterocycles. The number of rotatable bonds is 9. The summed E-state index contributed by atoms with van der Waals surface area (Å²) in [5, 5.41) is 16.8. The first-order chi connectivity index (χ1) is 18.1. The number of para-hydroxylation sites is 1. The third-order valence-electron chi connectivity index (χ3n) is 6.96.